The van der Waals surface area contributed by atoms with Crippen molar-refractivity contribution in [1.82, 2.24) is 4.90 Å². The Balaban J connectivity index is 2.21. The number of rotatable bonds is 2. The van der Waals surface area contributed by atoms with E-state index in [9.17, 15) is 9.90 Å². The third-order valence-corrected chi connectivity index (χ3v) is 4.01. The van der Waals surface area contributed by atoms with E-state index in [2.05, 4.69) is 30.6 Å². The van der Waals surface area contributed by atoms with Crippen molar-refractivity contribution in [2.75, 3.05) is 31.1 Å². The van der Waals surface area contributed by atoms with Gasteiger partial charge in [0.2, 0.25) is 0 Å². The molecule has 1 N–H and O–H groups in total. The highest BCUT2D eigenvalue weighted by molar-refractivity contribution is 5.95. The second-order valence-corrected chi connectivity index (χ2v) is 6.42. The van der Waals surface area contributed by atoms with Crippen molar-refractivity contribution in [3.05, 3.63) is 29.3 Å². The summed E-state index contributed by atoms with van der Waals surface area (Å²) in [6, 6.07) is 5.49. The van der Waals surface area contributed by atoms with E-state index in [4.69, 9.17) is 0 Å². The molecule has 1 aromatic carbocycles. The first-order chi connectivity index (χ1) is 9.30. The number of carbonyl (C=O) groups is 1. The van der Waals surface area contributed by atoms with Crippen molar-refractivity contribution >= 4 is 11.7 Å². The van der Waals surface area contributed by atoms with Gasteiger partial charge in [-0.25, -0.2) is 4.79 Å². The zero-order valence-corrected chi connectivity index (χ0v) is 12.8. The summed E-state index contributed by atoms with van der Waals surface area (Å²) in [7, 11) is 0. The summed E-state index contributed by atoms with van der Waals surface area (Å²) in [5, 5.41) is 9.36. The normalized spacial score (nSPS) is 17.3. The van der Waals surface area contributed by atoms with Crippen LogP contribution in [0.15, 0.2) is 18.2 Å². The van der Waals surface area contributed by atoms with E-state index >= 15 is 0 Å². The minimum absolute atomic E-state index is 0.174. The number of carboxylic acids is 1. The first kappa shape index (κ1) is 14.9. The number of hydrogen-bond donors (Lipinski definition) is 1. The van der Waals surface area contributed by atoms with E-state index < -0.39 is 5.97 Å². The molecule has 2 rings (SSSR count). The average Bonchev–Trinajstić information content (AvgIpc) is 2.37. The van der Waals surface area contributed by atoms with E-state index in [0.717, 1.165) is 37.4 Å². The standard InChI is InChI=1S/C16H24N2O2/c1-12-6-5-7-13(15(19)20)14(12)17-8-10-18(11-9-17)16(2,3)4/h5-7H,8-11H2,1-4H3,(H,19,20). The van der Waals surface area contributed by atoms with E-state index in [-0.39, 0.29) is 5.54 Å². The number of piperazine rings is 1. The Hall–Kier alpha value is -1.55. The number of carboxylic acid groups (broad SMARTS) is 1. The molecular formula is C16H24N2O2. The fourth-order valence-electron chi connectivity index (χ4n) is 2.85. The lowest BCUT2D eigenvalue weighted by Crippen LogP contribution is -2.53. The van der Waals surface area contributed by atoms with Crippen molar-refractivity contribution in [3.8, 4) is 0 Å². The molecule has 0 atom stereocenters. The van der Waals surface area contributed by atoms with Crippen LogP contribution >= 0.6 is 0 Å². The highest BCUT2D eigenvalue weighted by atomic mass is 16.4. The second-order valence-electron chi connectivity index (χ2n) is 6.42. The van der Waals surface area contributed by atoms with Crippen molar-refractivity contribution in [1.29, 1.82) is 0 Å². The molecule has 110 valence electrons. The number of aromatic carboxylic acids is 1. The zero-order valence-electron chi connectivity index (χ0n) is 12.8. The largest absolute Gasteiger partial charge is 0.478 e. The molecule has 0 amide bonds. The van der Waals surface area contributed by atoms with Gasteiger partial charge in [-0.05, 0) is 39.3 Å². The number of aryl methyl sites for hydroxylation is 1. The van der Waals surface area contributed by atoms with Gasteiger partial charge in [-0.2, -0.15) is 0 Å². The van der Waals surface area contributed by atoms with Crippen LogP contribution in [0, 0.1) is 6.92 Å². The molecule has 1 fully saturated rings. The third kappa shape index (κ3) is 2.96. The van der Waals surface area contributed by atoms with Crippen LogP contribution in [-0.4, -0.2) is 47.7 Å². The average molecular weight is 276 g/mol. The molecule has 4 nitrogen and oxygen atoms in total. The van der Waals surface area contributed by atoms with E-state index in [1.165, 1.54) is 0 Å². The van der Waals surface area contributed by atoms with E-state index in [1.807, 2.05) is 19.1 Å². The SMILES string of the molecule is Cc1cccc(C(=O)O)c1N1CCN(C(C)(C)C)CC1. The van der Waals surface area contributed by atoms with Crippen molar-refractivity contribution in [2.24, 2.45) is 0 Å². The number of hydrogen-bond acceptors (Lipinski definition) is 3. The van der Waals surface area contributed by atoms with Crippen LogP contribution in [0.3, 0.4) is 0 Å². The van der Waals surface area contributed by atoms with Gasteiger partial charge in [0, 0.05) is 31.7 Å². The van der Waals surface area contributed by atoms with Crippen molar-refractivity contribution in [3.63, 3.8) is 0 Å². The fraction of sp³-hybridized carbons (Fsp3) is 0.562. The number of benzene rings is 1. The third-order valence-electron chi connectivity index (χ3n) is 4.01. The van der Waals surface area contributed by atoms with Gasteiger partial charge in [0.05, 0.1) is 11.3 Å². The quantitative estimate of drug-likeness (QED) is 0.902. The molecule has 1 aliphatic heterocycles. The molecule has 1 heterocycles. The highest BCUT2D eigenvalue weighted by Gasteiger charge is 2.28. The van der Waals surface area contributed by atoms with Crippen LogP contribution in [0.1, 0.15) is 36.7 Å². The van der Waals surface area contributed by atoms with Gasteiger partial charge in [0.15, 0.2) is 0 Å². The summed E-state index contributed by atoms with van der Waals surface area (Å²) in [6.45, 7) is 12.3. The Morgan fingerprint density at radius 1 is 1.15 bits per heavy atom. The minimum Gasteiger partial charge on any atom is -0.478 e. The Labute approximate surface area is 121 Å². The van der Waals surface area contributed by atoms with Gasteiger partial charge < -0.3 is 10.0 Å². The molecular weight excluding hydrogens is 252 g/mol. The summed E-state index contributed by atoms with van der Waals surface area (Å²) >= 11 is 0. The molecule has 20 heavy (non-hydrogen) atoms. The van der Waals surface area contributed by atoms with Crippen LogP contribution < -0.4 is 4.90 Å². The summed E-state index contributed by atoms with van der Waals surface area (Å²) in [4.78, 5) is 16.1. The minimum atomic E-state index is -0.845. The van der Waals surface area contributed by atoms with Crippen LogP contribution in [0.2, 0.25) is 0 Å². The van der Waals surface area contributed by atoms with Gasteiger partial charge in [-0.15, -0.1) is 0 Å². The monoisotopic (exact) mass is 276 g/mol. The first-order valence-electron chi connectivity index (χ1n) is 7.13. The molecule has 0 spiro atoms. The van der Waals surface area contributed by atoms with Crippen LogP contribution in [0.4, 0.5) is 5.69 Å². The Morgan fingerprint density at radius 3 is 2.25 bits per heavy atom. The van der Waals surface area contributed by atoms with Crippen LogP contribution in [-0.2, 0) is 0 Å². The molecule has 4 heteroatoms. The molecule has 1 aromatic rings. The predicted molar refractivity (Wildman–Crippen MR) is 81.7 cm³/mol. The predicted octanol–water partition coefficient (Wildman–Crippen LogP) is 2.61. The van der Waals surface area contributed by atoms with Crippen LogP contribution in [0.25, 0.3) is 0 Å². The van der Waals surface area contributed by atoms with Gasteiger partial charge in [-0.3, -0.25) is 4.90 Å². The lowest BCUT2D eigenvalue weighted by atomic mass is 10.0. The molecule has 1 saturated heterocycles. The van der Waals surface area contributed by atoms with Gasteiger partial charge in [0.1, 0.15) is 0 Å². The maximum Gasteiger partial charge on any atom is 0.337 e. The smallest absolute Gasteiger partial charge is 0.337 e. The molecule has 0 aliphatic carbocycles. The van der Waals surface area contributed by atoms with E-state index in [0.29, 0.717) is 5.56 Å². The summed E-state index contributed by atoms with van der Waals surface area (Å²) in [6.07, 6.45) is 0. The van der Waals surface area contributed by atoms with E-state index in [1.54, 1.807) is 6.07 Å². The number of para-hydroxylation sites is 1. The Bertz CT molecular complexity index is 498. The van der Waals surface area contributed by atoms with Gasteiger partial charge >= 0.3 is 5.97 Å². The molecule has 1 aliphatic rings. The van der Waals surface area contributed by atoms with Crippen molar-refractivity contribution < 1.29 is 9.90 Å². The molecule has 0 unspecified atom stereocenters. The van der Waals surface area contributed by atoms with Crippen LogP contribution in [0.5, 0.6) is 0 Å². The maximum absolute atomic E-state index is 11.4. The topological polar surface area (TPSA) is 43.8 Å². The van der Waals surface area contributed by atoms with Crippen molar-refractivity contribution in [2.45, 2.75) is 33.2 Å². The summed E-state index contributed by atoms with van der Waals surface area (Å²) in [5.74, 6) is -0.845. The Kier molecular flexibility index (Phi) is 4.04. The summed E-state index contributed by atoms with van der Waals surface area (Å²) < 4.78 is 0. The fourth-order valence-corrected chi connectivity index (χ4v) is 2.85. The molecule has 0 aromatic heterocycles. The van der Waals surface area contributed by atoms with Gasteiger partial charge in [0.25, 0.3) is 0 Å². The Morgan fingerprint density at radius 2 is 1.75 bits per heavy atom. The lowest BCUT2D eigenvalue weighted by molar-refractivity contribution is 0.0696. The molecule has 0 radical (unpaired) electrons. The number of nitrogens with zero attached hydrogens (tertiary/aromatic N) is 2. The van der Waals surface area contributed by atoms with Gasteiger partial charge in [-0.1, -0.05) is 12.1 Å². The first-order valence-corrected chi connectivity index (χ1v) is 7.13. The number of anilines is 1. The molecule has 0 bridgehead atoms. The second kappa shape index (κ2) is 5.44. The summed E-state index contributed by atoms with van der Waals surface area (Å²) in [5.41, 5.74) is 2.50. The molecule has 0 saturated carbocycles. The lowest BCUT2D eigenvalue weighted by Gasteiger charge is -2.43. The maximum atomic E-state index is 11.4. The zero-order chi connectivity index (χ0) is 14.9. The highest BCUT2D eigenvalue weighted by Crippen LogP contribution is 2.27.